The molecule has 1 amide bonds. The normalized spacial score (nSPS) is 15.0. The number of rotatable bonds is 7. The number of hydrogen-bond donors (Lipinski definition) is 0. The van der Waals surface area contributed by atoms with Crippen LogP contribution in [0.1, 0.15) is 18.1 Å². The van der Waals surface area contributed by atoms with E-state index in [1.165, 1.54) is 11.8 Å². The summed E-state index contributed by atoms with van der Waals surface area (Å²) in [6.07, 6.45) is 3.83. The van der Waals surface area contributed by atoms with Crippen LogP contribution in [0.15, 0.2) is 59.6 Å². The number of hydrogen-bond acceptors (Lipinski definition) is 6. The molecule has 0 saturated carbocycles. The highest BCUT2D eigenvalue weighted by molar-refractivity contribution is 8.26. The second kappa shape index (κ2) is 9.58. The lowest BCUT2D eigenvalue weighted by atomic mass is 10.1. The highest BCUT2D eigenvalue weighted by Crippen LogP contribution is 2.36. The molecule has 8 heteroatoms. The monoisotopic (exact) mass is 465 g/mol. The van der Waals surface area contributed by atoms with Gasteiger partial charge in [0.05, 0.1) is 31.4 Å². The van der Waals surface area contributed by atoms with Gasteiger partial charge in [-0.05, 0) is 36.8 Å². The predicted molar refractivity (Wildman–Crippen MR) is 132 cm³/mol. The van der Waals surface area contributed by atoms with Crippen LogP contribution in [0.5, 0.6) is 11.5 Å². The Morgan fingerprint density at radius 3 is 2.50 bits per heavy atom. The number of benzene rings is 2. The first kappa shape index (κ1) is 22.1. The summed E-state index contributed by atoms with van der Waals surface area (Å²) in [5.41, 5.74) is 3.60. The topological polar surface area (TPSA) is 56.6 Å². The van der Waals surface area contributed by atoms with E-state index in [0.717, 1.165) is 22.4 Å². The van der Waals surface area contributed by atoms with Crippen LogP contribution in [-0.4, -0.2) is 45.7 Å². The Hall–Kier alpha value is -3.10. The number of nitrogens with zero attached hydrogens (tertiary/aromatic N) is 3. The molecule has 3 aromatic rings. The predicted octanol–water partition coefficient (Wildman–Crippen LogP) is 4.84. The third-order valence-corrected chi connectivity index (χ3v) is 6.49. The van der Waals surface area contributed by atoms with Gasteiger partial charge < -0.3 is 9.47 Å². The Kier molecular flexibility index (Phi) is 6.62. The Morgan fingerprint density at radius 2 is 1.84 bits per heavy atom. The molecule has 1 aliphatic rings. The number of methoxy groups -OCH3 is 2. The van der Waals surface area contributed by atoms with Gasteiger partial charge in [-0.1, -0.05) is 54.3 Å². The maximum Gasteiger partial charge on any atom is 0.266 e. The van der Waals surface area contributed by atoms with Gasteiger partial charge in [0.15, 0.2) is 11.5 Å². The van der Waals surface area contributed by atoms with Crippen molar-refractivity contribution < 1.29 is 14.3 Å². The van der Waals surface area contributed by atoms with Crippen molar-refractivity contribution in [1.29, 1.82) is 0 Å². The molecule has 0 aliphatic carbocycles. The number of carbonyl (C=O) groups is 1. The number of thiocarbonyl (C=S) groups is 1. The molecule has 6 nitrogen and oxygen atoms in total. The van der Waals surface area contributed by atoms with Crippen molar-refractivity contribution in [2.75, 3.05) is 20.8 Å². The zero-order valence-corrected chi connectivity index (χ0v) is 19.7. The van der Waals surface area contributed by atoms with E-state index >= 15 is 0 Å². The van der Waals surface area contributed by atoms with Gasteiger partial charge in [-0.2, -0.15) is 5.10 Å². The maximum atomic E-state index is 12.8. The summed E-state index contributed by atoms with van der Waals surface area (Å²) in [7, 11) is 3.21. The number of carbonyl (C=O) groups excluding carboxylic acids is 1. The molecule has 4 rings (SSSR count). The Morgan fingerprint density at radius 1 is 1.09 bits per heavy atom. The molecule has 0 N–H and O–H groups in total. The molecule has 0 atom stereocenters. The fourth-order valence-corrected chi connectivity index (χ4v) is 4.89. The smallest absolute Gasteiger partial charge is 0.266 e. The molecule has 0 radical (unpaired) electrons. The van der Waals surface area contributed by atoms with E-state index in [-0.39, 0.29) is 5.91 Å². The van der Waals surface area contributed by atoms with Gasteiger partial charge in [0, 0.05) is 23.9 Å². The summed E-state index contributed by atoms with van der Waals surface area (Å²) >= 11 is 6.68. The van der Waals surface area contributed by atoms with Crippen molar-refractivity contribution in [2.24, 2.45) is 0 Å². The van der Waals surface area contributed by atoms with Crippen molar-refractivity contribution in [3.63, 3.8) is 0 Å². The number of likely N-dealkylation sites (N-methyl/N-ethyl adjacent to an activating group) is 1. The standard InChI is InChI=1S/C24H23N3O3S2/c1-4-27-23(28)21(32-24(27)31)13-18-15-26(14-16-8-6-5-7-9-16)25-22(18)17-10-11-19(29-2)20(12-17)30-3/h5-13,15H,4,14H2,1-3H3/b21-13+. The average Bonchev–Trinajstić information content (AvgIpc) is 3.33. The third-order valence-electron chi connectivity index (χ3n) is 5.11. The average molecular weight is 466 g/mol. The van der Waals surface area contributed by atoms with Crippen LogP contribution in [0.2, 0.25) is 0 Å². The molecule has 0 spiro atoms. The van der Waals surface area contributed by atoms with Gasteiger partial charge in [-0.3, -0.25) is 14.4 Å². The molecule has 2 aromatic carbocycles. The molecular weight excluding hydrogens is 442 g/mol. The van der Waals surface area contributed by atoms with Gasteiger partial charge >= 0.3 is 0 Å². The van der Waals surface area contributed by atoms with Gasteiger partial charge in [-0.15, -0.1) is 0 Å². The first-order chi connectivity index (χ1) is 15.5. The molecule has 2 heterocycles. The Bertz CT molecular complexity index is 1190. The van der Waals surface area contributed by atoms with Crippen LogP contribution in [-0.2, 0) is 11.3 Å². The van der Waals surface area contributed by atoms with Crippen LogP contribution < -0.4 is 9.47 Å². The minimum absolute atomic E-state index is 0.0726. The van der Waals surface area contributed by atoms with Gasteiger partial charge in [-0.25, -0.2) is 0 Å². The first-order valence-corrected chi connectivity index (χ1v) is 11.4. The van der Waals surface area contributed by atoms with Crippen LogP contribution in [0.25, 0.3) is 17.3 Å². The van der Waals surface area contributed by atoms with Gasteiger partial charge in [0.25, 0.3) is 5.91 Å². The van der Waals surface area contributed by atoms with Crippen molar-refractivity contribution in [1.82, 2.24) is 14.7 Å². The van der Waals surface area contributed by atoms with Crippen LogP contribution in [0.4, 0.5) is 0 Å². The van der Waals surface area contributed by atoms with E-state index in [1.807, 2.05) is 60.3 Å². The van der Waals surface area contributed by atoms with Crippen LogP contribution in [0, 0.1) is 0 Å². The summed E-state index contributed by atoms with van der Waals surface area (Å²) in [4.78, 5) is 15.0. The van der Waals surface area contributed by atoms with E-state index in [4.69, 9.17) is 26.8 Å². The zero-order valence-electron chi connectivity index (χ0n) is 18.1. The highest BCUT2D eigenvalue weighted by Gasteiger charge is 2.31. The van der Waals surface area contributed by atoms with E-state index in [2.05, 4.69) is 12.1 Å². The van der Waals surface area contributed by atoms with E-state index in [1.54, 1.807) is 19.1 Å². The van der Waals surface area contributed by atoms with Crippen LogP contribution >= 0.6 is 24.0 Å². The van der Waals surface area contributed by atoms with Crippen molar-refractivity contribution in [3.05, 3.63) is 70.8 Å². The summed E-state index contributed by atoms with van der Waals surface area (Å²) in [5.74, 6) is 1.19. The summed E-state index contributed by atoms with van der Waals surface area (Å²) in [5, 5.41) is 4.84. The zero-order chi connectivity index (χ0) is 22.7. The lowest BCUT2D eigenvalue weighted by molar-refractivity contribution is -0.121. The number of ether oxygens (including phenoxy) is 2. The lowest BCUT2D eigenvalue weighted by Gasteiger charge is -2.09. The van der Waals surface area contributed by atoms with Crippen molar-refractivity contribution in [3.8, 4) is 22.8 Å². The molecular formula is C24H23N3O3S2. The second-order valence-electron chi connectivity index (χ2n) is 7.11. The van der Waals surface area contributed by atoms with Crippen LogP contribution in [0.3, 0.4) is 0 Å². The fraction of sp³-hybridized carbons (Fsp3) is 0.208. The molecule has 0 unspecified atom stereocenters. The minimum atomic E-state index is -0.0726. The molecule has 164 valence electrons. The SMILES string of the molecule is CCN1C(=O)/C(=C\c2cn(Cc3ccccc3)nc2-c2ccc(OC)c(OC)c2)SC1=S. The molecule has 1 aromatic heterocycles. The largest absolute Gasteiger partial charge is 0.493 e. The highest BCUT2D eigenvalue weighted by atomic mass is 32.2. The van der Waals surface area contributed by atoms with E-state index < -0.39 is 0 Å². The fourth-order valence-electron chi connectivity index (χ4n) is 3.52. The van der Waals surface area contributed by atoms with Gasteiger partial charge in [0.2, 0.25) is 0 Å². The Labute approximate surface area is 196 Å². The molecule has 1 fully saturated rings. The molecule has 1 aliphatic heterocycles. The summed E-state index contributed by atoms with van der Waals surface area (Å²) in [6, 6.07) is 15.8. The quantitative estimate of drug-likeness (QED) is 0.368. The van der Waals surface area contributed by atoms with Crippen molar-refractivity contribution in [2.45, 2.75) is 13.5 Å². The van der Waals surface area contributed by atoms with E-state index in [9.17, 15) is 4.79 Å². The number of amides is 1. The molecule has 1 saturated heterocycles. The third kappa shape index (κ3) is 4.42. The molecule has 0 bridgehead atoms. The van der Waals surface area contributed by atoms with Gasteiger partial charge in [0.1, 0.15) is 4.32 Å². The number of aromatic nitrogens is 2. The number of thioether (sulfide) groups is 1. The minimum Gasteiger partial charge on any atom is -0.493 e. The Balaban J connectivity index is 1.78. The summed E-state index contributed by atoms with van der Waals surface area (Å²) < 4.78 is 13.3. The first-order valence-electron chi connectivity index (χ1n) is 10.1. The molecule has 32 heavy (non-hydrogen) atoms. The maximum absolute atomic E-state index is 12.8. The summed E-state index contributed by atoms with van der Waals surface area (Å²) in [6.45, 7) is 3.09. The second-order valence-corrected chi connectivity index (χ2v) is 8.79. The van der Waals surface area contributed by atoms with Crippen molar-refractivity contribution >= 4 is 40.3 Å². The van der Waals surface area contributed by atoms with E-state index in [0.29, 0.717) is 33.8 Å². The lowest BCUT2D eigenvalue weighted by Crippen LogP contribution is -2.27.